The van der Waals surface area contributed by atoms with Gasteiger partial charge in [-0.15, -0.1) is 0 Å². The topological polar surface area (TPSA) is 40.5 Å². The lowest BCUT2D eigenvalue weighted by Gasteiger charge is -2.23. The molecule has 0 fully saturated rings. The third kappa shape index (κ3) is 1.61. The van der Waals surface area contributed by atoms with E-state index >= 15 is 0 Å². The van der Waals surface area contributed by atoms with E-state index < -0.39 is 0 Å². The van der Waals surface area contributed by atoms with Crippen molar-refractivity contribution in [1.29, 1.82) is 0 Å². The average molecular weight is 153 g/mol. The minimum absolute atomic E-state index is 0.167. The van der Waals surface area contributed by atoms with Gasteiger partial charge in [-0.1, -0.05) is 6.58 Å². The number of aliphatic hydroxyl groups excluding tert-OH is 1. The van der Waals surface area contributed by atoms with Crippen LogP contribution in [0, 0.1) is 0 Å². The van der Waals surface area contributed by atoms with Crippen molar-refractivity contribution in [2.45, 2.75) is 13.3 Å². The quantitative estimate of drug-likeness (QED) is 0.615. The Morgan fingerprint density at radius 1 is 1.82 bits per heavy atom. The number of rotatable bonds is 1. The molecule has 1 aliphatic rings. The van der Waals surface area contributed by atoms with Gasteiger partial charge in [-0.05, 0) is 6.92 Å². The molecule has 0 saturated carbocycles. The molecule has 3 heteroatoms. The number of nitrogens with zero attached hydrogens (tertiary/aromatic N) is 1. The molecule has 0 spiro atoms. The van der Waals surface area contributed by atoms with E-state index in [2.05, 4.69) is 6.58 Å². The molecule has 0 amide bonds. The van der Waals surface area contributed by atoms with Crippen LogP contribution in [0.15, 0.2) is 24.2 Å². The molecule has 11 heavy (non-hydrogen) atoms. The van der Waals surface area contributed by atoms with Gasteiger partial charge >= 0.3 is 0 Å². The molecule has 0 unspecified atom stereocenters. The van der Waals surface area contributed by atoms with E-state index in [-0.39, 0.29) is 11.5 Å². The van der Waals surface area contributed by atoms with E-state index in [1.165, 1.54) is 6.20 Å². The van der Waals surface area contributed by atoms with E-state index in [1.807, 2.05) is 6.92 Å². The average Bonchev–Trinajstić information content (AvgIpc) is 1.94. The summed E-state index contributed by atoms with van der Waals surface area (Å²) in [6, 6.07) is 0. The molecular weight excluding hydrogens is 142 g/mol. The largest absolute Gasteiger partial charge is 0.503 e. The first-order chi connectivity index (χ1) is 5.11. The molecule has 0 aromatic heterocycles. The van der Waals surface area contributed by atoms with Gasteiger partial charge in [0.2, 0.25) is 0 Å². The number of aliphatic hydroxyl groups is 1. The molecule has 0 aromatic rings. The molecule has 1 rings (SSSR count). The van der Waals surface area contributed by atoms with Gasteiger partial charge < -0.3 is 10.0 Å². The molecule has 1 heterocycles. The van der Waals surface area contributed by atoms with Crippen LogP contribution in [0.4, 0.5) is 0 Å². The number of Topliss-reactive ketones (excluding diaryl/α,β-unsaturated/α-hetero) is 1. The molecule has 0 bridgehead atoms. The van der Waals surface area contributed by atoms with Gasteiger partial charge in [0.15, 0.2) is 11.5 Å². The maximum absolute atomic E-state index is 10.8. The van der Waals surface area contributed by atoms with E-state index in [4.69, 9.17) is 5.11 Å². The van der Waals surface area contributed by atoms with E-state index in [9.17, 15) is 4.79 Å². The first-order valence-electron chi connectivity index (χ1n) is 3.47. The SMILES string of the molecule is C=C(C)N1C=C(O)C(=O)CC1. The zero-order chi connectivity index (χ0) is 8.43. The second-order valence-corrected chi connectivity index (χ2v) is 2.62. The third-order valence-electron chi connectivity index (χ3n) is 1.63. The fraction of sp³-hybridized carbons (Fsp3) is 0.375. The second-order valence-electron chi connectivity index (χ2n) is 2.62. The number of hydrogen-bond donors (Lipinski definition) is 1. The lowest BCUT2D eigenvalue weighted by atomic mass is 10.2. The van der Waals surface area contributed by atoms with Crippen LogP contribution in [0.25, 0.3) is 0 Å². The zero-order valence-corrected chi connectivity index (χ0v) is 6.50. The van der Waals surface area contributed by atoms with Crippen LogP contribution in [0.5, 0.6) is 0 Å². The number of carbonyl (C=O) groups is 1. The summed E-state index contributed by atoms with van der Waals surface area (Å²) in [5, 5.41) is 9.03. The smallest absolute Gasteiger partial charge is 0.200 e. The summed E-state index contributed by atoms with van der Waals surface area (Å²) < 4.78 is 0. The minimum atomic E-state index is -0.192. The van der Waals surface area contributed by atoms with Crippen molar-refractivity contribution >= 4 is 5.78 Å². The Balaban J connectivity index is 2.77. The van der Waals surface area contributed by atoms with Crippen molar-refractivity contribution in [3.8, 4) is 0 Å². The van der Waals surface area contributed by atoms with Gasteiger partial charge in [0, 0.05) is 24.9 Å². The predicted octanol–water partition coefficient (Wildman–Crippen LogP) is 1.19. The summed E-state index contributed by atoms with van der Waals surface area (Å²) >= 11 is 0. The van der Waals surface area contributed by atoms with Crippen molar-refractivity contribution in [1.82, 2.24) is 4.90 Å². The highest BCUT2D eigenvalue weighted by Gasteiger charge is 2.16. The molecule has 0 aromatic carbocycles. The summed E-state index contributed by atoms with van der Waals surface area (Å²) in [4.78, 5) is 12.5. The molecule has 1 aliphatic heterocycles. The van der Waals surface area contributed by atoms with Gasteiger partial charge in [0.05, 0.1) is 0 Å². The van der Waals surface area contributed by atoms with Crippen LogP contribution < -0.4 is 0 Å². The first-order valence-corrected chi connectivity index (χ1v) is 3.47. The van der Waals surface area contributed by atoms with Gasteiger partial charge in [0.1, 0.15) is 0 Å². The van der Waals surface area contributed by atoms with Gasteiger partial charge in [-0.2, -0.15) is 0 Å². The van der Waals surface area contributed by atoms with Crippen LogP contribution in [0.2, 0.25) is 0 Å². The van der Waals surface area contributed by atoms with E-state index in [0.29, 0.717) is 13.0 Å². The fourth-order valence-electron chi connectivity index (χ4n) is 0.935. The molecule has 0 aliphatic carbocycles. The Kier molecular flexibility index (Phi) is 1.98. The summed E-state index contributed by atoms with van der Waals surface area (Å²) in [5.41, 5.74) is 0.837. The van der Waals surface area contributed by atoms with Gasteiger partial charge in [0.25, 0.3) is 0 Å². The Labute approximate surface area is 65.6 Å². The fourth-order valence-corrected chi connectivity index (χ4v) is 0.935. The van der Waals surface area contributed by atoms with Crippen molar-refractivity contribution in [2.75, 3.05) is 6.54 Å². The molecule has 3 nitrogen and oxygen atoms in total. The van der Waals surface area contributed by atoms with Crippen LogP contribution >= 0.6 is 0 Å². The highest BCUT2D eigenvalue weighted by molar-refractivity contribution is 5.93. The zero-order valence-electron chi connectivity index (χ0n) is 6.50. The molecular formula is C8H11NO2. The Hall–Kier alpha value is -1.25. The Morgan fingerprint density at radius 2 is 2.45 bits per heavy atom. The van der Waals surface area contributed by atoms with Crippen LogP contribution in [-0.4, -0.2) is 22.3 Å². The normalized spacial score (nSPS) is 18.1. The third-order valence-corrected chi connectivity index (χ3v) is 1.63. The second kappa shape index (κ2) is 2.78. The lowest BCUT2D eigenvalue weighted by molar-refractivity contribution is -0.118. The summed E-state index contributed by atoms with van der Waals surface area (Å²) in [7, 11) is 0. The van der Waals surface area contributed by atoms with Gasteiger partial charge in [-0.25, -0.2) is 0 Å². The van der Waals surface area contributed by atoms with Crippen molar-refractivity contribution in [3.05, 3.63) is 24.2 Å². The van der Waals surface area contributed by atoms with E-state index in [1.54, 1.807) is 4.90 Å². The van der Waals surface area contributed by atoms with Crippen molar-refractivity contribution < 1.29 is 9.90 Å². The first kappa shape index (κ1) is 7.85. The number of hydrogen-bond acceptors (Lipinski definition) is 3. The molecule has 0 atom stereocenters. The van der Waals surface area contributed by atoms with E-state index in [0.717, 1.165) is 5.70 Å². The number of carbonyl (C=O) groups excluding carboxylic acids is 1. The van der Waals surface area contributed by atoms with Crippen molar-refractivity contribution in [2.24, 2.45) is 0 Å². The highest BCUT2D eigenvalue weighted by atomic mass is 16.3. The number of ketones is 1. The maximum Gasteiger partial charge on any atom is 0.200 e. The molecule has 0 radical (unpaired) electrons. The lowest BCUT2D eigenvalue weighted by Crippen LogP contribution is -2.25. The minimum Gasteiger partial charge on any atom is -0.503 e. The standard InChI is InChI=1S/C8H11NO2/c1-6(2)9-4-3-7(10)8(11)5-9/h5,11H,1,3-4H2,2H3. The summed E-state index contributed by atoms with van der Waals surface area (Å²) in [6.07, 6.45) is 1.80. The summed E-state index contributed by atoms with van der Waals surface area (Å²) in [5.74, 6) is -0.359. The van der Waals surface area contributed by atoms with Crippen LogP contribution in [0.3, 0.4) is 0 Å². The maximum atomic E-state index is 10.8. The van der Waals surface area contributed by atoms with Crippen molar-refractivity contribution in [3.63, 3.8) is 0 Å². The highest BCUT2D eigenvalue weighted by Crippen LogP contribution is 2.12. The number of allylic oxidation sites excluding steroid dienone is 2. The molecule has 60 valence electrons. The molecule has 0 saturated heterocycles. The Bertz CT molecular complexity index is 230. The molecule has 1 N–H and O–H groups in total. The van der Waals surface area contributed by atoms with Crippen LogP contribution in [0.1, 0.15) is 13.3 Å². The summed E-state index contributed by atoms with van der Waals surface area (Å²) in [6.45, 7) is 6.15. The van der Waals surface area contributed by atoms with Crippen LogP contribution in [-0.2, 0) is 4.79 Å². The predicted molar refractivity (Wildman–Crippen MR) is 41.9 cm³/mol. The monoisotopic (exact) mass is 153 g/mol. The Morgan fingerprint density at radius 3 is 2.91 bits per heavy atom. The van der Waals surface area contributed by atoms with Gasteiger partial charge in [-0.3, -0.25) is 4.79 Å².